The summed E-state index contributed by atoms with van der Waals surface area (Å²) in [5, 5.41) is 2.47. The zero-order chi connectivity index (χ0) is 47.8. The van der Waals surface area contributed by atoms with E-state index in [2.05, 4.69) is 302 Å². The van der Waals surface area contributed by atoms with E-state index in [9.17, 15) is 0 Å². The van der Waals surface area contributed by atoms with Crippen molar-refractivity contribution >= 4 is 27.8 Å². The van der Waals surface area contributed by atoms with Gasteiger partial charge in [0.25, 0.3) is 0 Å². The number of anilines is 3. The molecule has 12 aromatic carbocycles. The fraction of sp³-hybridized carbons (Fsp3) is 0.0141. The van der Waals surface area contributed by atoms with Gasteiger partial charge in [-0.15, -0.1) is 0 Å². The molecule has 0 spiro atoms. The predicted octanol–water partition coefficient (Wildman–Crippen LogP) is 19.0. The fourth-order valence-corrected chi connectivity index (χ4v) is 11.6. The van der Waals surface area contributed by atoms with Crippen molar-refractivity contribution in [3.63, 3.8) is 0 Å². The number of benzene rings is 12. The second-order valence-corrected chi connectivity index (χ2v) is 18.7. The molecule has 0 amide bonds. The Labute approximate surface area is 422 Å². The van der Waals surface area contributed by atoms with Crippen LogP contribution in [0.25, 0.3) is 77.5 Å². The Morgan fingerprint density at radius 2 is 0.681 bits per heavy atom. The Morgan fingerprint density at radius 3 is 1.38 bits per heavy atom. The van der Waals surface area contributed by atoms with E-state index < -0.39 is 5.41 Å². The van der Waals surface area contributed by atoms with Crippen LogP contribution < -0.4 is 4.90 Å². The molecule has 0 radical (unpaired) electrons. The molecule has 0 fully saturated rings. The van der Waals surface area contributed by atoms with Crippen LogP contribution in [-0.4, -0.2) is 0 Å². The van der Waals surface area contributed by atoms with Gasteiger partial charge in [-0.3, -0.25) is 0 Å². The van der Waals surface area contributed by atoms with E-state index in [1.54, 1.807) is 0 Å². The molecule has 1 aliphatic carbocycles. The summed E-state index contributed by atoms with van der Waals surface area (Å²) >= 11 is 0. The lowest BCUT2D eigenvalue weighted by molar-refractivity contribution is 0.768. The summed E-state index contributed by atoms with van der Waals surface area (Å²) in [6.07, 6.45) is 0. The van der Waals surface area contributed by atoms with Crippen molar-refractivity contribution in [2.24, 2.45) is 0 Å². The molecule has 72 heavy (non-hydrogen) atoms. The van der Waals surface area contributed by atoms with Crippen molar-refractivity contribution < 1.29 is 0 Å². The first-order chi connectivity index (χ1) is 35.7. The van der Waals surface area contributed by atoms with Crippen molar-refractivity contribution in [3.8, 4) is 66.8 Å². The smallest absolute Gasteiger partial charge is 0.0714 e. The molecule has 0 bridgehead atoms. The Kier molecular flexibility index (Phi) is 10.8. The molecule has 0 N–H and O–H groups in total. The van der Waals surface area contributed by atoms with Gasteiger partial charge in [0.15, 0.2) is 0 Å². The normalized spacial score (nSPS) is 12.3. The van der Waals surface area contributed by atoms with Crippen LogP contribution in [0.1, 0.15) is 22.3 Å². The highest BCUT2D eigenvalue weighted by Crippen LogP contribution is 2.57. The Morgan fingerprint density at radius 1 is 0.236 bits per heavy atom. The Bertz CT molecular complexity index is 3850. The SMILES string of the molecule is c1ccc(-c2ccccc2-c2c(-c3ccccc3)cccc2-c2ccc(N(c3cccc(-c4cccc5ccccc45)c3)c3ccc4c(c3)C(c3ccccc3)(c3ccccc3)c3ccccc3-4)cc2)cc1. The molecule has 1 aliphatic rings. The van der Waals surface area contributed by atoms with E-state index in [0.29, 0.717) is 0 Å². The highest BCUT2D eigenvalue weighted by molar-refractivity contribution is 6.01. The Balaban J connectivity index is 1.02. The molecule has 0 saturated carbocycles. The Hall–Kier alpha value is -9.30. The van der Waals surface area contributed by atoms with E-state index in [1.165, 1.54) is 94.2 Å². The maximum atomic E-state index is 2.47. The van der Waals surface area contributed by atoms with E-state index in [-0.39, 0.29) is 0 Å². The number of rotatable bonds is 10. The zero-order valence-corrected chi connectivity index (χ0v) is 39.7. The van der Waals surface area contributed by atoms with Crippen molar-refractivity contribution in [2.45, 2.75) is 5.41 Å². The second kappa shape index (κ2) is 18.2. The van der Waals surface area contributed by atoms with Gasteiger partial charge in [0, 0.05) is 17.1 Å². The van der Waals surface area contributed by atoms with Crippen molar-refractivity contribution in [3.05, 3.63) is 320 Å². The van der Waals surface area contributed by atoms with Crippen molar-refractivity contribution in [1.82, 2.24) is 0 Å². The summed E-state index contributed by atoms with van der Waals surface area (Å²) in [5.74, 6) is 0. The van der Waals surface area contributed by atoms with Gasteiger partial charge in [-0.25, -0.2) is 0 Å². The molecular formula is C71H49N. The molecule has 0 aromatic heterocycles. The van der Waals surface area contributed by atoms with Gasteiger partial charge in [0.2, 0.25) is 0 Å². The fourth-order valence-electron chi connectivity index (χ4n) is 11.6. The summed E-state index contributed by atoms with van der Waals surface area (Å²) in [5.41, 5.74) is 22.2. The van der Waals surface area contributed by atoms with Crippen molar-refractivity contribution in [2.75, 3.05) is 4.90 Å². The van der Waals surface area contributed by atoms with Crippen molar-refractivity contribution in [1.29, 1.82) is 0 Å². The van der Waals surface area contributed by atoms with Crippen LogP contribution in [0.3, 0.4) is 0 Å². The summed E-state index contributed by atoms with van der Waals surface area (Å²) in [6, 6.07) is 109. The molecule has 1 nitrogen and oxygen atoms in total. The maximum Gasteiger partial charge on any atom is 0.0714 e. The molecule has 0 aliphatic heterocycles. The topological polar surface area (TPSA) is 3.24 Å². The summed E-state index contributed by atoms with van der Waals surface area (Å²) in [4.78, 5) is 2.45. The first kappa shape index (κ1) is 42.8. The van der Waals surface area contributed by atoms with Crippen LogP contribution in [0.5, 0.6) is 0 Å². The average Bonchev–Trinajstić information content (AvgIpc) is 3.76. The molecule has 0 heterocycles. The lowest BCUT2D eigenvalue weighted by atomic mass is 9.67. The quantitative estimate of drug-likeness (QED) is 0.132. The standard InChI is InChI=1S/C71H49N/c1-5-22-50(23-6-1)61-35-15-16-37-67(61)70-63(52-24-7-2-8-25-52)39-21-40-64(70)53-42-44-57(45-43-53)72(58-33-19-28-54(48-58)62-38-20-27-51-26-13-14-34-60(51)62)59-46-47-66-65-36-17-18-41-68(65)71(69(66)49-59,55-29-9-3-10-30-55)56-31-11-4-12-32-56/h1-49H. The molecule has 12 aromatic rings. The van der Waals surface area contributed by atoms with E-state index in [0.717, 1.165) is 22.6 Å². The van der Waals surface area contributed by atoms with Gasteiger partial charge in [-0.05, 0) is 136 Å². The summed E-state index contributed by atoms with van der Waals surface area (Å²) in [7, 11) is 0. The first-order valence-electron chi connectivity index (χ1n) is 24.9. The van der Waals surface area contributed by atoms with Crippen LogP contribution in [0.4, 0.5) is 17.1 Å². The van der Waals surface area contributed by atoms with Crippen LogP contribution in [0.2, 0.25) is 0 Å². The lowest BCUT2D eigenvalue weighted by Crippen LogP contribution is -2.28. The van der Waals surface area contributed by atoms with Crippen LogP contribution in [0, 0.1) is 0 Å². The lowest BCUT2D eigenvalue weighted by Gasteiger charge is -2.35. The molecule has 0 unspecified atom stereocenters. The van der Waals surface area contributed by atoms with Crippen LogP contribution in [0.15, 0.2) is 297 Å². The third-order valence-electron chi connectivity index (χ3n) is 14.8. The van der Waals surface area contributed by atoms with Crippen LogP contribution >= 0.6 is 0 Å². The van der Waals surface area contributed by atoms with Gasteiger partial charge >= 0.3 is 0 Å². The predicted molar refractivity (Wildman–Crippen MR) is 303 cm³/mol. The second-order valence-electron chi connectivity index (χ2n) is 18.7. The molecule has 1 heteroatoms. The molecule has 13 rings (SSSR count). The molecular weight excluding hydrogens is 867 g/mol. The third kappa shape index (κ3) is 7.25. The van der Waals surface area contributed by atoms with Gasteiger partial charge in [0.05, 0.1) is 5.41 Å². The first-order valence-corrected chi connectivity index (χ1v) is 24.9. The van der Waals surface area contributed by atoms with Gasteiger partial charge in [-0.1, -0.05) is 261 Å². The maximum absolute atomic E-state index is 2.47. The highest BCUT2D eigenvalue weighted by Gasteiger charge is 2.46. The third-order valence-corrected chi connectivity index (χ3v) is 14.8. The zero-order valence-electron chi connectivity index (χ0n) is 39.7. The van der Waals surface area contributed by atoms with E-state index in [1.807, 2.05) is 0 Å². The average molecular weight is 916 g/mol. The van der Waals surface area contributed by atoms with Gasteiger partial charge < -0.3 is 4.90 Å². The number of hydrogen-bond donors (Lipinski definition) is 0. The summed E-state index contributed by atoms with van der Waals surface area (Å²) in [6.45, 7) is 0. The highest BCUT2D eigenvalue weighted by atomic mass is 15.1. The summed E-state index contributed by atoms with van der Waals surface area (Å²) < 4.78 is 0. The number of fused-ring (bicyclic) bond motifs is 4. The number of hydrogen-bond acceptors (Lipinski definition) is 1. The van der Waals surface area contributed by atoms with Gasteiger partial charge in [0.1, 0.15) is 0 Å². The largest absolute Gasteiger partial charge is 0.310 e. The molecule has 0 atom stereocenters. The minimum absolute atomic E-state index is 0.541. The molecule has 338 valence electrons. The van der Waals surface area contributed by atoms with Gasteiger partial charge in [-0.2, -0.15) is 0 Å². The molecule has 0 saturated heterocycles. The van der Waals surface area contributed by atoms with E-state index in [4.69, 9.17) is 0 Å². The minimum Gasteiger partial charge on any atom is -0.310 e. The minimum atomic E-state index is -0.541. The monoisotopic (exact) mass is 915 g/mol. The van der Waals surface area contributed by atoms with E-state index >= 15 is 0 Å². The van der Waals surface area contributed by atoms with Crippen LogP contribution in [-0.2, 0) is 5.41 Å². The number of nitrogens with zero attached hydrogens (tertiary/aromatic N) is 1.